The van der Waals surface area contributed by atoms with Gasteiger partial charge in [0.05, 0.1) is 21.0 Å². The number of rotatable bonds is 11. The third kappa shape index (κ3) is 6.09. The van der Waals surface area contributed by atoms with Gasteiger partial charge in [0.2, 0.25) is 5.76 Å². The summed E-state index contributed by atoms with van der Waals surface area (Å²) in [5.74, 6) is -2.50. The number of esters is 2. The normalized spacial score (nSPS) is 15.8. The van der Waals surface area contributed by atoms with Gasteiger partial charge in [0.1, 0.15) is 25.9 Å². The number of ether oxygens (including phenoxy) is 4. The smallest absolute Gasteiger partial charge is 0.378 e. The van der Waals surface area contributed by atoms with Crippen molar-refractivity contribution < 1.29 is 43.5 Å². The molecule has 0 spiro atoms. The molecule has 0 saturated heterocycles. The van der Waals surface area contributed by atoms with Crippen molar-refractivity contribution in [1.29, 1.82) is 0 Å². The first kappa shape index (κ1) is 25.1. The second kappa shape index (κ2) is 11.1. The molecule has 1 N–H and O–H groups in total. The summed E-state index contributed by atoms with van der Waals surface area (Å²) in [6.45, 7) is -0.218. The first-order chi connectivity index (χ1) is 16.7. The van der Waals surface area contributed by atoms with E-state index in [0.29, 0.717) is 0 Å². The number of cyclic esters (lactones) is 1. The maximum atomic E-state index is 12.5. The van der Waals surface area contributed by atoms with Crippen LogP contribution in [0.4, 0.5) is 11.4 Å². The first-order valence-electron chi connectivity index (χ1n) is 10.2. The van der Waals surface area contributed by atoms with Gasteiger partial charge in [-0.2, -0.15) is 0 Å². The molecule has 0 fully saturated rings. The summed E-state index contributed by atoms with van der Waals surface area (Å²) < 4.78 is 21.0. The minimum atomic E-state index is -1.55. The van der Waals surface area contributed by atoms with E-state index in [-0.39, 0.29) is 28.3 Å². The molecule has 0 aromatic heterocycles. The van der Waals surface area contributed by atoms with Crippen LogP contribution in [-0.2, 0) is 41.8 Å². The van der Waals surface area contributed by atoms with E-state index in [1.54, 1.807) is 12.1 Å². The standard InChI is InChI=1S/C22H20N2O11/c1-13(25)32-12-18(26)19-20(33-10-14-6-2-4-8-16(14)23(28)29)21(22(27)35-19)34-11-15-7-3-5-9-17(15)24(30)31/h2-9,18-19,26H,10-12H2,1H3. The highest BCUT2D eigenvalue weighted by molar-refractivity contribution is 5.89. The van der Waals surface area contributed by atoms with E-state index in [0.717, 1.165) is 6.92 Å². The van der Waals surface area contributed by atoms with Crippen molar-refractivity contribution in [2.45, 2.75) is 32.3 Å². The molecule has 2 aromatic rings. The van der Waals surface area contributed by atoms with Crippen molar-refractivity contribution in [2.75, 3.05) is 6.61 Å². The van der Waals surface area contributed by atoms with E-state index in [2.05, 4.69) is 0 Å². The van der Waals surface area contributed by atoms with Gasteiger partial charge in [-0.15, -0.1) is 0 Å². The minimum absolute atomic E-state index is 0.153. The SMILES string of the molecule is CC(=O)OCC(O)C1OC(=O)C(OCc2ccccc2[N+](=O)[O-])=C1OCc1ccccc1[N+](=O)[O-]. The minimum Gasteiger partial charge on any atom is -0.485 e. The number of aliphatic hydroxyl groups excluding tert-OH is 1. The van der Waals surface area contributed by atoms with Crippen molar-refractivity contribution in [3.63, 3.8) is 0 Å². The van der Waals surface area contributed by atoms with Gasteiger partial charge >= 0.3 is 11.9 Å². The highest BCUT2D eigenvalue weighted by Gasteiger charge is 2.43. The van der Waals surface area contributed by atoms with Crippen LogP contribution >= 0.6 is 0 Å². The van der Waals surface area contributed by atoms with Crippen molar-refractivity contribution >= 4 is 23.3 Å². The van der Waals surface area contributed by atoms with Crippen LogP contribution in [0.1, 0.15) is 18.1 Å². The van der Waals surface area contributed by atoms with Crippen LogP contribution in [0.25, 0.3) is 0 Å². The molecule has 0 amide bonds. The van der Waals surface area contributed by atoms with Crippen LogP contribution in [0, 0.1) is 20.2 Å². The molecule has 2 aromatic carbocycles. The Morgan fingerprint density at radius 3 is 2.03 bits per heavy atom. The molecule has 13 heteroatoms. The van der Waals surface area contributed by atoms with E-state index in [1.165, 1.54) is 36.4 Å². The number of carbonyl (C=O) groups is 2. The fraction of sp³-hybridized carbons (Fsp3) is 0.273. The van der Waals surface area contributed by atoms with Crippen LogP contribution in [0.2, 0.25) is 0 Å². The molecule has 2 atom stereocenters. The lowest BCUT2D eigenvalue weighted by molar-refractivity contribution is -0.386. The molecule has 0 aliphatic carbocycles. The van der Waals surface area contributed by atoms with E-state index in [4.69, 9.17) is 18.9 Å². The molecule has 0 bridgehead atoms. The van der Waals surface area contributed by atoms with E-state index in [9.17, 15) is 34.9 Å². The molecule has 35 heavy (non-hydrogen) atoms. The molecule has 184 valence electrons. The molecule has 0 radical (unpaired) electrons. The Kier molecular flexibility index (Phi) is 7.94. The van der Waals surface area contributed by atoms with Gasteiger partial charge in [-0.25, -0.2) is 4.79 Å². The molecular weight excluding hydrogens is 468 g/mol. The molecule has 13 nitrogen and oxygen atoms in total. The average molecular weight is 488 g/mol. The van der Waals surface area contributed by atoms with Gasteiger partial charge in [-0.05, 0) is 12.1 Å². The van der Waals surface area contributed by atoms with Crippen molar-refractivity contribution in [1.82, 2.24) is 0 Å². The number of nitro benzene ring substituents is 2. The lowest BCUT2D eigenvalue weighted by Crippen LogP contribution is -2.34. The maximum absolute atomic E-state index is 12.5. The fourth-order valence-electron chi connectivity index (χ4n) is 3.20. The van der Waals surface area contributed by atoms with E-state index >= 15 is 0 Å². The second-order valence-corrected chi connectivity index (χ2v) is 7.24. The van der Waals surface area contributed by atoms with Gasteiger partial charge in [0, 0.05) is 19.1 Å². The van der Waals surface area contributed by atoms with Gasteiger partial charge < -0.3 is 24.1 Å². The van der Waals surface area contributed by atoms with Crippen LogP contribution < -0.4 is 0 Å². The summed E-state index contributed by atoms with van der Waals surface area (Å²) in [7, 11) is 0. The van der Waals surface area contributed by atoms with E-state index in [1.807, 2.05) is 0 Å². The summed E-state index contributed by atoms with van der Waals surface area (Å²) >= 11 is 0. The number of nitrogens with zero attached hydrogens (tertiary/aromatic N) is 2. The predicted molar refractivity (Wildman–Crippen MR) is 115 cm³/mol. The largest absolute Gasteiger partial charge is 0.485 e. The first-order valence-corrected chi connectivity index (χ1v) is 10.2. The van der Waals surface area contributed by atoms with Gasteiger partial charge in [0.25, 0.3) is 11.4 Å². The topological polar surface area (TPSA) is 178 Å². The third-order valence-corrected chi connectivity index (χ3v) is 4.84. The van der Waals surface area contributed by atoms with Gasteiger partial charge in [-0.3, -0.25) is 25.0 Å². The molecule has 1 heterocycles. The molecule has 1 aliphatic heterocycles. The summed E-state index contributed by atoms with van der Waals surface area (Å²) in [5.41, 5.74) is -0.165. The molecule has 2 unspecified atom stereocenters. The quantitative estimate of drug-likeness (QED) is 0.279. The van der Waals surface area contributed by atoms with Crippen LogP contribution in [0.5, 0.6) is 0 Å². The van der Waals surface area contributed by atoms with Gasteiger partial charge in [0.15, 0.2) is 11.9 Å². The summed E-state index contributed by atoms with van der Waals surface area (Å²) in [4.78, 5) is 44.9. The Morgan fingerprint density at radius 2 is 1.51 bits per heavy atom. The van der Waals surface area contributed by atoms with Crippen LogP contribution in [-0.4, -0.2) is 45.7 Å². The van der Waals surface area contributed by atoms with Crippen molar-refractivity contribution in [3.05, 3.63) is 91.4 Å². The number of carbonyl (C=O) groups excluding carboxylic acids is 2. The Bertz CT molecular complexity index is 1180. The zero-order valence-electron chi connectivity index (χ0n) is 18.3. The zero-order valence-corrected chi connectivity index (χ0v) is 18.3. The number of aliphatic hydroxyl groups is 1. The average Bonchev–Trinajstić information content (AvgIpc) is 3.15. The number of para-hydroxylation sites is 2. The Morgan fingerprint density at radius 1 is 1.00 bits per heavy atom. The van der Waals surface area contributed by atoms with Gasteiger partial charge in [-0.1, -0.05) is 24.3 Å². The number of nitro groups is 2. The number of benzene rings is 2. The fourth-order valence-corrected chi connectivity index (χ4v) is 3.20. The monoisotopic (exact) mass is 488 g/mol. The van der Waals surface area contributed by atoms with Crippen molar-refractivity contribution in [2.24, 2.45) is 0 Å². The lowest BCUT2D eigenvalue weighted by Gasteiger charge is -2.20. The molecule has 3 rings (SSSR count). The second-order valence-electron chi connectivity index (χ2n) is 7.24. The Balaban J connectivity index is 1.90. The van der Waals surface area contributed by atoms with E-state index < -0.39 is 59.6 Å². The highest BCUT2D eigenvalue weighted by atomic mass is 16.6. The summed E-state index contributed by atoms with van der Waals surface area (Å²) in [6, 6.07) is 11.4. The van der Waals surface area contributed by atoms with Crippen LogP contribution in [0.15, 0.2) is 60.0 Å². The summed E-state index contributed by atoms with van der Waals surface area (Å²) in [5, 5.41) is 33.0. The zero-order chi connectivity index (χ0) is 25.5. The lowest BCUT2D eigenvalue weighted by atomic mass is 10.1. The van der Waals surface area contributed by atoms with Crippen LogP contribution in [0.3, 0.4) is 0 Å². The molecule has 0 saturated carbocycles. The molecular formula is C22H20N2O11. The maximum Gasteiger partial charge on any atom is 0.378 e. The predicted octanol–water partition coefficient (Wildman–Crippen LogP) is 2.30. The highest BCUT2D eigenvalue weighted by Crippen LogP contribution is 2.31. The Labute approximate surface area is 197 Å². The third-order valence-electron chi connectivity index (χ3n) is 4.84. The number of hydrogen-bond donors (Lipinski definition) is 1. The summed E-state index contributed by atoms with van der Waals surface area (Å²) in [6.07, 6.45) is -3.00. The Hall–Kier alpha value is -4.52. The molecule has 1 aliphatic rings. The van der Waals surface area contributed by atoms with Crippen molar-refractivity contribution in [3.8, 4) is 0 Å². The number of hydrogen-bond acceptors (Lipinski definition) is 11.